The lowest BCUT2D eigenvalue weighted by Crippen LogP contribution is -2.48. The summed E-state index contributed by atoms with van der Waals surface area (Å²) in [5, 5.41) is 11.2. The molecule has 2 heterocycles. The standard InChI is InChI=1S/C21H29N3O7S/c1-3-15(2)23(17-8-11-32(29,30)14-17)20(25)13-31-21(26)18-12-16(24(27)28)6-7-19(18)22-9-4-5-10-22/h6-7,12,15,17H,3-5,8-11,13-14H2,1-2H3. The van der Waals surface area contributed by atoms with Crippen LogP contribution in [0.4, 0.5) is 11.4 Å². The largest absolute Gasteiger partial charge is 0.452 e. The first-order valence-electron chi connectivity index (χ1n) is 10.8. The number of sulfone groups is 1. The zero-order valence-electron chi connectivity index (χ0n) is 18.4. The molecule has 0 saturated carbocycles. The molecule has 1 aromatic rings. The van der Waals surface area contributed by atoms with Crippen molar-refractivity contribution in [1.82, 2.24) is 4.90 Å². The number of amides is 1. The summed E-state index contributed by atoms with van der Waals surface area (Å²) in [5.74, 6) is -1.35. The van der Waals surface area contributed by atoms with Crippen molar-refractivity contribution in [1.29, 1.82) is 0 Å². The van der Waals surface area contributed by atoms with Gasteiger partial charge in [-0.25, -0.2) is 13.2 Å². The van der Waals surface area contributed by atoms with Gasteiger partial charge in [-0.1, -0.05) is 6.92 Å². The predicted octanol–water partition coefficient (Wildman–Crippen LogP) is 2.17. The van der Waals surface area contributed by atoms with Crippen LogP contribution in [-0.4, -0.2) is 73.4 Å². The molecule has 0 radical (unpaired) electrons. The number of ether oxygens (including phenoxy) is 1. The van der Waals surface area contributed by atoms with E-state index in [2.05, 4.69) is 0 Å². The van der Waals surface area contributed by atoms with Crippen molar-refractivity contribution < 1.29 is 27.7 Å². The second-order valence-corrected chi connectivity index (χ2v) is 10.6. The summed E-state index contributed by atoms with van der Waals surface area (Å²) < 4.78 is 29.1. The van der Waals surface area contributed by atoms with Gasteiger partial charge >= 0.3 is 5.97 Å². The Morgan fingerprint density at radius 2 is 2.00 bits per heavy atom. The molecule has 176 valence electrons. The van der Waals surface area contributed by atoms with E-state index in [-0.39, 0.29) is 28.8 Å². The molecule has 0 aromatic heterocycles. The van der Waals surface area contributed by atoms with Gasteiger partial charge in [0, 0.05) is 37.3 Å². The van der Waals surface area contributed by atoms with Crippen LogP contribution in [-0.2, 0) is 19.4 Å². The highest BCUT2D eigenvalue weighted by molar-refractivity contribution is 7.91. The first-order valence-corrected chi connectivity index (χ1v) is 12.7. The lowest BCUT2D eigenvalue weighted by molar-refractivity contribution is -0.384. The van der Waals surface area contributed by atoms with E-state index in [1.807, 2.05) is 18.7 Å². The molecule has 0 N–H and O–H groups in total. The second kappa shape index (κ2) is 9.85. The van der Waals surface area contributed by atoms with Crippen LogP contribution in [0.15, 0.2) is 18.2 Å². The topological polar surface area (TPSA) is 127 Å². The van der Waals surface area contributed by atoms with E-state index in [1.54, 1.807) is 0 Å². The van der Waals surface area contributed by atoms with Gasteiger partial charge in [-0.15, -0.1) is 0 Å². The van der Waals surface area contributed by atoms with Gasteiger partial charge in [0.1, 0.15) is 0 Å². The van der Waals surface area contributed by atoms with E-state index in [0.29, 0.717) is 18.5 Å². The highest BCUT2D eigenvalue weighted by Crippen LogP contribution is 2.29. The Hall–Kier alpha value is -2.69. The smallest absolute Gasteiger partial charge is 0.341 e. The maximum absolute atomic E-state index is 12.9. The van der Waals surface area contributed by atoms with E-state index in [0.717, 1.165) is 25.9 Å². The van der Waals surface area contributed by atoms with Gasteiger partial charge in [-0.05, 0) is 38.7 Å². The minimum Gasteiger partial charge on any atom is -0.452 e. The molecule has 0 aliphatic carbocycles. The molecule has 11 heteroatoms. The summed E-state index contributed by atoms with van der Waals surface area (Å²) in [7, 11) is -3.19. The van der Waals surface area contributed by atoms with E-state index >= 15 is 0 Å². The number of esters is 1. The molecule has 0 spiro atoms. The van der Waals surface area contributed by atoms with Crippen LogP contribution in [0.2, 0.25) is 0 Å². The van der Waals surface area contributed by atoms with Gasteiger partial charge in [0.2, 0.25) is 0 Å². The lowest BCUT2D eigenvalue weighted by atomic mass is 10.1. The fourth-order valence-corrected chi connectivity index (χ4v) is 6.03. The molecule has 2 saturated heterocycles. The minimum atomic E-state index is -3.19. The molecule has 1 amide bonds. The van der Waals surface area contributed by atoms with E-state index < -0.39 is 39.3 Å². The predicted molar refractivity (Wildman–Crippen MR) is 118 cm³/mol. The molecule has 0 bridgehead atoms. The molecule has 3 rings (SSSR count). The number of benzene rings is 1. The third kappa shape index (κ3) is 5.37. The fourth-order valence-electron chi connectivity index (χ4n) is 4.32. The Morgan fingerprint density at radius 3 is 2.56 bits per heavy atom. The highest BCUT2D eigenvalue weighted by atomic mass is 32.2. The van der Waals surface area contributed by atoms with Gasteiger partial charge in [0.25, 0.3) is 11.6 Å². The Balaban J connectivity index is 1.76. The van der Waals surface area contributed by atoms with Crippen LogP contribution in [0.1, 0.15) is 49.9 Å². The number of carbonyl (C=O) groups is 2. The Kier molecular flexibility index (Phi) is 7.37. The summed E-state index contributed by atoms with van der Waals surface area (Å²) >= 11 is 0. The number of hydrogen-bond acceptors (Lipinski definition) is 8. The number of rotatable bonds is 8. The zero-order valence-corrected chi connectivity index (χ0v) is 19.2. The molecule has 1 aromatic carbocycles. The van der Waals surface area contributed by atoms with Crippen LogP contribution in [0, 0.1) is 10.1 Å². The maximum atomic E-state index is 12.9. The monoisotopic (exact) mass is 467 g/mol. The van der Waals surface area contributed by atoms with Gasteiger partial charge in [-0.2, -0.15) is 0 Å². The zero-order chi connectivity index (χ0) is 23.5. The number of non-ortho nitro benzene ring substituents is 1. The average molecular weight is 468 g/mol. The SMILES string of the molecule is CCC(C)N(C(=O)COC(=O)c1cc([N+](=O)[O-])ccc1N1CCCC1)C1CCS(=O)(=O)C1. The number of carbonyl (C=O) groups excluding carboxylic acids is 2. The average Bonchev–Trinajstić information content (AvgIpc) is 3.41. The van der Waals surface area contributed by atoms with Crippen molar-refractivity contribution in [3.8, 4) is 0 Å². The third-order valence-corrected chi connectivity index (χ3v) is 7.89. The molecule has 2 aliphatic heterocycles. The Labute approximate surface area is 187 Å². The van der Waals surface area contributed by atoms with Crippen molar-refractivity contribution in [3.05, 3.63) is 33.9 Å². The van der Waals surface area contributed by atoms with E-state index in [1.165, 1.54) is 23.1 Å². The molecular weight excluding hydrogens is 438 g/mol. The van der Waals surface area contributed by atoms with Crippen LogP contribution < -0.4 is 4.90 Å². The number of nitro groups is 1. The number of hydrogen-bond donors (Lipinski definition) is 0. The summed E-state index contributed by atoms with van der Waals surface area (Å²) in [6, 6.07) is 3.41. The van der Waals surface area contributed by atoms with Crippen molar-refractivity contribution in [2.75, 3.05) is 36.1 Å². The van der Waals surface area contributed by atoms with Crippen LogP contribution in [0.5, 0.6) is 0 Å². The summed E-state index contributed by atoms with van der Waals surface area (Å²) in [6.45, 7) is 4.63. The van der Waals surface area contributed by atoms with Crippen molar-refractivity contribution in [3.63, 3.8) is 0 Å². The molecule has 2 aliphatic rings. The van der Waals surface area contributed by atoms with E-state index in [9.17, 15) is 28.1 Å². The van der Waals surface area contributed by atoms with Gasteiger partial charge in [0.15, 0.2) is 16.4 Å². The quantitative estimate of drug-likeness (QED) is 0.323. The minimum absolute atomic E-state index is 0.0323. The van der Waals surface area contributed by atoms with Crippen molar-refractivity contribution >= 4 is 33.1 Å². The highest BCUT2D eigenvalue weighted by Gasteiger charge is 2.37. The van der Waals surface area contributed by atoms with Gasteiger partial charge in [0.05, 0.1) is 27.7 Å². The molecule has 32 heavy (non-hydrogen) atoms. The van der Waals surface area contributed by atoms with Crippen LogP contribution in [0.3, 0.4) is 0 Å². The molecule has 2 atom stereocenters. The van der Waals surface area contributed by atoms with Crippen molar-refractivity contribution in [2.24, 2.45) is 0 Å². The maximum Gasteiger partial charge on any atom is 0.341 e. The lowest BCUT2D eigenvalue weighted by Gasteiger charge is -2.33. The Bertz CT molecular complexity index is 989. The Morgan fingerprint density at radius 1 is 1.31 bits per heavy atom. The fraction of sp³-hybridized carbons (Fsp3) is 0.619. The number of anilines is 1. The van der Waals surface area contributed by atoms with Gasteiger partial charge in [-0.3, -0.25) is 14.9 Å². The first kappa shape index (κ1) is 24.0. The number of nitro benzene ring substituents is 1. The summed E-state index contributed by atoms with van der Waals surface area (Å²) in [4.78, 5) is 39.9. The van der Waals surface area contributed by atoms with Crippen molar-refractivity contribution in [2.45, 2.75) is 51.6 Å². The molecule has 10 nitrogen and oxygen atoms in total. The second-order valence-electron chi connectivity index (χ2n) is 8.34. The first-order chi connectivity index (χ1) is 15.1. The number of nitrogens with zero attached hydrogens (tertiary/aromatic N) is 3. The molecule has 2 fully saturated rings. The molecular formula is C21H29N3O7S. The summed E-state index contributed by atoms with van der Waals surface area (Å²) in [5.41, 5.74) is 0.363. The van der Waals surface area contributed by atoms with E-state index in [4.69, 9.17) is 4.74 Å². The van der Waals surface area contributed by atoms with Gasteiger partial charge < -0.3 is 14.5 Å². The van der Waals surface area contributed by atoms with Crippen LogP contribution in [0.25, 0.3) is 0 Å². The summed E-state index contributed by atoms with van der Waals surface area (Å²) in [6.07, 6.45) is 2.90. The third-order valence-electron chi connectivity index (χ3n) is 6.14. The van der Waals surface area contributed by atoms with Crippen LogP contribution >= 0.6 is 0 Å². The molecule has 2 unspecified atom stereocenters. The normalized spacial score (nSPS) is 20.7.